The Kier molecular flexibility index (Phi) is 5.73. The summed E-state index contributed by atoms with van der Waals surface area (Å²) in [5, 5.41) is 4.69. The fourth-order valence-corrected chi connectivity index (χ4v) is 4.72. The Morgan fingerprint density at radius 3 is 2.79 bits per heavy atom. The molecular weight excluding hydrogens is 370 g/mol. The quantitative estimate of drug-likeness (QED) is 0.669. The van der Waals surface area contributed by atoms with E-state index in [1.807, 2.05) is 12.1 Å². The third-order valence-corrected chi connectivity index (χ3v) is 6.46. The Bertz CT molecular complexity index is 965. The number of aryl methyl sites for hydroxylation is 2. The van der Waals surface area contributed by atoms with Crippen molar-refractivity contribution in [2.24, 2.45) is 0 Å². The minimum absolute atomic E-state index is 0.625. The first-order chi connectivity index (χ1) is 13.6. The highest BCUT2D eigenvalue weighted by molar-refractivity contribution is 7.18. The van der Waals surface area contributed by atoms with Crippen LogP contribution in [0.1, 0.15) is 41.1 Å². The lowest BCUT2D eigenvalue weighted by Crippen LogP contribution is -2.30. The average molecular weight is 398 g/mol. The number of aromatic nitrogens is 3. The smallest absolute Gasteiger partial charge is 0.213 e. The second-order valence-corrected chi connectivity index (χ2v) is 8.55. The lowest BCUT2D eigenvalue weighted by molar-refractivity contribution is 0.216. The molecule has 0 radical (unpaired) electrons. The minimum atomic E-state index is 0.625. The van der Waals surface area contributed by atoms with Gasteiger partial charge >= 0.3 is 0 Å². The van der Waals surface area contributed by atoms with Crippen LogP contribution in [-0.2, 0) is 13.1 Å². The molecule has 0 atom stereocenters. The zero-order valence-electron chi connectivity index (χ0n) is 16.8. The summed E-state index contributed by atoms with van der Waals surface area (Å²) < 4.78 is 5.23. The third-order valence-electron chi connectivity index (χ3n) is 5.36. The predicted molar refractivity (Wildman–Crippen MR) is 114 cm³/mol. The molecule has 4 rings (SSSR count). The summed E-state index contributed by atoms with van der Waals surface area (Å²) in [6.45, 7) is 8.09. The van der Waals surface area contributed by atoms with E-state index >= 15 is 0 Å². The molecule has 1 saturated heterocycles. The van der Waals surface area contributed by atoms with E-state index in [4.69, 9.17) is 14.7 Å². The second kappa shape index (κ2) is 8.41. The van der Waals surface area contributed by atoms with E-state index in [0.717, 1.165) is 47.1 Å². The molecule has 1 N–H and O–H groups in total. The summed E-state index contributed by atoms with van der Waals surface area (Å²) in [5.41, 5.74) is 2.38. The first kappa shape index (κ1) is 19.1. The van der Waals surface area contributed by atoms with Gasteiger partial charge in [0.1, 0.15) is 16.5 Å². The number of nitrogens with zero attached hydrogens (tertiary/aromatic N) is 4. The Labute approximate surface area is 170 Å². The van der Waals surface area contributed by atoms with Gasteiger partial charge in [0.15, 0.2) is 0 Å². The molecule has 28 heavy (non-hydrogen) atoms. The highest BCUT2D eigenvalue weighted by Gasteiger charge is 2.17. The van der Waals surface area contributed by atoms with Crippen molar-refractivity contribution in [3.63, 3.8) is 0 Å². The zero-order chi connectivity index (χ0) is 19.5. The van der Waals surface area contributed by atoms with Crippen LogP contribution in [-0.4, -0.2) is 40.1 Å². The van der Waals surface area contributed by atoms with E-state index in [9.17, 15) is 0 Å². The molecule has 3 aromatic rings. The van der Waals surface area contributed by atoms with Crippen molar-refractivity contribution in [2.45, 2.75) is 46.2 Å². The van der Waals surface area contributed by atoms with Crippen molar-refractivity contribution in [1.29, 1.82) is 0 Å². The molecule has 1 aliphatic heterocycles. The molecule has 0 unspecified atom stereocenters. The van der Waals surface area contributed by atoms with Gasteiger partial charge in [-0.3, -0.25) is 4.90 Å². The Morgan fingerprint density at radius 2 is 2.00 bits per heavy atom. The van der Waals surface area contributed by atoms with Crippen LogP contribution in [0.5, 0.6) is 5.88 Å². The van der Waals surface area contributed by atoms with Gasteiger partial charge in [-0.05, 0) is 57.0 Å². The standard InChI is InChI=1S/C21H27N5OS/c1-14-15(2)28-21-19(14)20(23-12-16-7-8-22-18(11-16)27-3)24-17(25-21)13-26-9-5-4-6-10-26/h7-8,11H,4-6,9-10,12-13H2,1-3H3,(H,23,24,25). The van der Waals surface area contributed by atoms with Gasteiger partial charge in [0.05, 0.1) is 19.0 Å². The molecule has 0 spiro atoms. The van der Waals surface area contributed by atoms with E-state index < -0.39 is 0 Å². The van der Waals surface area contributed by atoms with Crippen LogP contribution in [0, 0.1) is 13.8 Å². The zero-order valence-corrected chi connectivity index (χ0v) is 17.6. The van der Waals surface area contributed by atoms with Crippen LogP contribution in [0.4, 0.5) is 5.82 Å². The van der Waals surface area contributed by atoms with Gasteiger partial charge in [-0.25, -0.2) is 15.0 Å². The molecule has 148 valence electrons. The van der Waals surface area contributed by atoms with Crippen molar-refractivity contribution in [3.05, 3.63) is 40.2 Å². The molecule has 0 bridgehead atoms. The van der Waals surface area contributed by atoms with E-state index in [-0.39, 0.29) is 0 Å². The van der Waals surface area contributed by atoms with Gasteiger partial charge in [0.2, 0.25) is 5.88 Å². The molecule has 7 heteroatoms. The maximum Gasteiger partial charge on any atom is 0.213 e. The number of hydrogen-bond donors (Lipinski definition) is 1. The van der Waals surface area contributed by atoms with E-state index in [1.165, 1.54) is 29.7 Å². The molecule has 0 saturated carbocycles. The molecule has 6 nitrogen and oxygen atoms in total. The van der Waals surface area contributed by atoms with Gasteiger partial charge in [0.25, 0.3) is 0 Å². The lowest BCUT2D eigenvalue weighted by atomic mass is 10.1. The minimum Gasteiger partial charge on any atom is -0.481 e. The van der Waals surface area contributed by atoms with Crippen LogP contribution in [0.2, 0.25) is 0 Å². The number of methoxy groups -OCH3 is 1. The molecule has 1 aliphatic rings. The summed E-state index contributed by atoms with van der Waals surface area (Å²) in [7, 11) is 1.64. The summed E-state index contributed by atoms with van der Waals surface area (Å²) in [6.07, 6.45) is 5.65. The maximum absolute atomic E-state index is 5.23. The van der Waals surface area contributed by atoms with Crippen LogP contribution in [0.15, 0.2) is 18.3 Å². The monoisotopic (exact) mass is 397 g/mol. The van der Waals surface area contributed by atoms with Crippen molar-refractivity contribution >= 4 is 27.4 Å². The Hall–Kier alpha value is -2.25. The molecule has 1 fully saturated rings. The first-order valence-corrected chi connectivity index (χ1v) is 10.7. The molecule has 3 aromatic heterocycles. The topological polar surface area (TPSA) is 63.2 Å². The molecule has 0 aliphatic carbocycles. The van der Waals surface area contributed by atoms with Gasteiger partial charge in [0, 0.05) is 23.7 Å². The number of likely N-dealkylation sites (tertiary alicyclic amines) is 1. The van der Waals surface area contributed by atoms with Crippen molar-refractivity contribution in [3.8, 4) is 5.88 Å². The largest absolute Gasteiger partial charge is 0.481 e. The summed E-state index contributed by atoms with van der Waals surface area (Å²) >= 11 is 1.76. The number of piperidine rings is 1. The summed E-state index contributed by atoms with van der Waals surface area (Å²) in [5.74, 6) is 2.46. The first-order valence-electron chi connectivity index (χ1n) is 9.86. The van der Waals surface area contributed by atoms with Crippen molar-refractivity contribution in [1.82, 2.24) is 19.9 Å². The number of pyridine rings is 1. The van der Waals surface area contributed by atoms with Gasteiger partial charge in [-0.1, -0.05) is 6.42 Å². The molecular formula is C21H27N5OS. The van der Waals surface area contributed by atoms with Gasteiger partial charge in [-0.2, -0.15) is 0 Å². The normalized spacial score (nSPS) is 15.1. The summed E-state index contributed by atoms with van der Waals surface area (Å²) in [6, 6.07) is 3.94. The van der Waals surface area contributed by atoms with Crippen molar-refractivity contribution < 1.29 is 4.74 Å². The average Bonchev–Trinajstić information content (AvgIpc) is 3.01. The highest BCUT2D eigenvalue weighted by Crippen LogP contribution is 2.33. The number of rotatable bonds is 6. The number of hydrogen-bond acceptors (Lipinski definition) is 7. The fraction of sp³-hybridized carbons (Fsp3) is 0.476. The van der Waals surface area contributed by atoms with E-state index in [1.54, 1.807) is 24.6 Å². The van der Waals surface area contributed by atoms with Crippen LogP contribution >= 0.6 is 11.3 Å². The molecule has 0 aromatic carbocycles. The second-order valence-electron chi connectivity index (χ2n) is 7.35. The number of anilines is 1. The number of nitrogens with one attached hydrogen (secondary N) is 1. The van der Waals surface area contributed by atoms with Crippen LogP contribution < -0.4 is 10.1 Å². The number of thiophene rings is 1. The fourth-order valence-electron chi connectivity index (χ4n) is 3.67. The SMILES string of the molecule is COc1cc(CNc2nc(CN3CCCCC3)nc3sc(C)c(C)c23)ccn1. The van der Waals surface area contributed by atoms with Crippen molar-refractivity contribution in [2.75, 3.05) is 25.5 Å². The highest BCUT2D eigenvalue weighted by atomic mass is 32.1. The predicted octanol–water partition coefficient (Wildman–Crippen LogP) is 4.31. The van der Waals surface area contributed by atoms with E-state index in [0.29, 0.717) is 12.4 Å². The van der Waals surface area contributed by atoms with E-state index in [2.05, 4.69) is 29.0 Å². The Balaban J connectivity index is 1.62. The summed E-state index contributed by atoms with van der Waals surface area (Å²) in [4.78, 5) is 18.8. The van der Waals surface area contributed by atoms with Crippen LogP contribution in [0.3, 0.4) is 0 Å². The van der Waals surface area contributed by atoms with Gasteiger partial charge < -0.3 is 10.1 Å². The van der Waals surface area contributed by atoms with Crippen LogP contribution in [0.25, 0.3) is 10.2 Å². The molecule has 4 heterocycles. The lowest BCUT2D eigenvalue weighted by Gasteiger charge is -2.25. The van der Waals surface area contributed by atoms with Gasteiger partial charge in [-0.15, -0.1) is 11.3 Å². The maximum atomic E-state index is 5.23. The number of ether oxygens (including phenoxy) is 1. The number of fused-ring (bicyclic) bond motifs is 1. The third kappa shape index (κ3) is 4.10. The Morgan fingerprint density at radius 1 is 1.18 bits per heavy atom. The molecule has 0 amide bonds.